The smallest absolute Gasteiger partial charge is 0.323 e. The molecule has 0 radical (unpaired) electrons. The molecule has 0 saturated carbocycles. The second-order valence-electron chi connectivity index (χ2n) is 7.38. The van der Waals surface area contributed by atoms with Gasteiger partial charge in [0.1, 0.15) is 0 Å². The van der Waals surface area contributed by atoms with E-state index in [1.54, 1.807) is 55.5 Å². The molecule has 32 heavy (non-hydrogen) atoms. The minimum absolute atomic E-state index is 0.0515. The lowest BCUT2D eigenvalue weighted by Crippen LogP contribution is -2.37. The number of benzene rings is 2. The summed E-state index contributed by atoms with van der Waals surface area (Å²) in [4.78, 5) is 22.9. The molecule has 3 N–H and O–H groups in total. The molecule has 1 saturated heterocycles. The van der Waals surface area contributed by atoms with E-state index in [-0.39, 0.29) is 18.1 Å². The first-order valence-electron chi connectivity index (χ1n) is 10.3. The number of hydrogen-bond donors (Lipinski definition) is 3. The van der Waals surface area contributed by atoms with Crippen molar-refractivity contribution in [3.05, 3.63) is 65.6 Å². The highest BCUT2D eigenvalue weighted by Crippen LogP contribution is 2.25. The van der Waals surface area contributed by atoms with Crippen LogP contribution in [0.3, 0.4) is 0 Å². The number of nitrogens with one attached hydrogen (secondary N) is 2. The maximum absolute atomic E-state index is 14.6. The first-order valence-corrected chi connectivity index (χ1v) is 10.3. The van der Waals surface area contributed by atoms with Gasteiger partial charge in [-0.3, -0.25) is 0 Å². The quantitative estimate of drug-likeness (QED) is 0.564. The Labute approximate surface area is 185 Å². The van der Waals surface area contributed by atoms with E-state index in [9.17, 15) is 9.18 Å². The number of urea groups is 1. The Morgan fingerprint density at radius 1 is 1.03 bits per heavy atom. The summed E-state index contributed by atoms with van der Waals surface area (Å²) < 4.78 is 20.0. The lowest BCUT2D eigenvalue weighted by molar-refractivity contribution is 0.122. The van der Waals surface area contributed by atoms with Gasteiger partial charge < -0.3 is 25.4 Å². The number of morpholine rings is 1. The third-order valence-corrected chi connectivity index (χ3v) is 5.11. The van der Waals surface area contributed by atoms with Gasteiger partial charge in [-0.15, -0.1) is 0 Å². The van der Waals surface area contributed by atoms with Crippen LogP contribution in [0.4, 0.5) is 26.4 Å². The summed E-state index contributed by atoms with van der Waals surface area (Å²) in [7, 11) is 0. The Hall–Kier alpha value is -3.56. The van der Waals surface area contributed by atoms with E-state index in [1.165, 1.54) is 0 Å². The molecular weight excluding hydrogens is 413 g/mol. The summed E-state index contributed by atoms with van der Waals surface area (Å²) in [6.07, 6.45) is 0. The van der Waals surface area contributed by atoms with E-state index in [2.05, 4.69) is 20.6 Å². The van der Waals surface area contributed by atoms with Crippen LogP contribution in [0, 0.1) is 12.7 Å². The van der Waals surface area contributed by atoms with Gasteiger partial charge in [-0.1, -0.05) is 12.1 Å². The average Bonchev–Trinajstić information content (AvgIpc) is 2.82. The number of anilines is 3. The lowest BCUT2D eigenvalue weighted by Gasteiger charge is -2.28. The Balaban J connectivity index is 1.46. The molecule has 0 aliphatic carbocycles. The fourth-order valence-electron chi connectivity index (χ4n) is 3.35. The highest BCUT2D eigenvalue weighted by Gasteiger charge is 2.20. The first kappa shape index (κ1) is 21.7. The number of rotatable bonds is 5. The van der Waals surface area contributed by atoms with Crippen molar-refractivity contribution in [3.8, 4) is 11.4 Å². The molecule has 2 amide bonds. The van der Waals surface area contributed by atoms with Gasteiger partial charge in [0.05, 0.1) is 25.5 Å². The number of aliphatic hydroxyl groups is 1. The van der Waals surface area contributed by atoms with Crippen molar-refractivity contribution in [1.29, 1.82) is 0 Å². The topological polar surface area (TPSA) is 99.6 Å². The average molecular weight is 437 g/mol. The molecule has 1 fully saturated rings. The number of aryl methyl sites for hydroxylation is 1. The fraction of sp³-hybridized carbons (Fsp3) is 0.261. The molecule has 8 nitrogen and oxygen atoms in total. The highest BCUT2D eigenvalue weighted by molar-refractivity contribution is 5.99. The minimum atomic E-state index is -0.419. The lowest BCUT2D eigenvalue weighted by atomic mass is 10.2. The van der Waals surface area contributed by atoms with Gasteiger partial charge in [-0.25, -0.2) is 19.2 Å². The Morgan fingerprint density at radius 2 is 1.62 bits per heavy atom. The molecule has 9 heteroatoms. The Morgan fingerprint density at radius 3 is 2.22 bits per heavy atom. The number of ether oxygens (including phenoxy) is 1. The monoisotopic (exact) mass is 437 g/mol. The summed E-state index contributed by atoms with van der Waals surface area (Å²) in [5, 5.41) is 14.6. The molecule has 0 atom stereocenters. The Bertz CT molecular complexity index is 1080. The van der Waals surface area contributed by atoms with Crippen LogP contribution >= 0.6 is 0 Å². The molecule has 166 valence electrons. The van der Waals surface area contributed by atoms with Crippen LogP contribution in [0.5, 0.6) is 0 Å². The summed E-state index contributed by atoms with van der Waals surface area (Å²) in [5.74, 6) is 0.285. The van der Waals surface area contributed by atoms with Crippen LogP contribution in [0.25, 0.3) is 11.4 Å². The number of amides is 2. The zero-order chi connectivity index (χ0) is 22.5. The van der Waals surface area contributed by atoms with Crippen LogP contribution in [0.2, 0.25) is 0 Å². The zero-order valence-corrected chi connectivity index (χ0v) is 17.6. The molecule has 2 aromatic carbocycles. The van der Waals surface area contributed by atoms with Crippen LogP contribution < -0.4 is 15.5 Å². The number of nitrogens with zero attached hydrogens (tertiary/aromatic N) is 3. The molecule has 1 aliphatic rings. The van der Waals surface area contributed by atoms with E-state index in [1.807, 2.05) is 4.90 Å². The van der Waals surface area contributed by atoms with Crippen molar-refractivity contribution in [2.75, 3.05) is 41.8 Å². The molecule has 4 rings (SSSR count). The number of aromatic nitrogens is 2. The fourth-order valence-corrected chi connectivity index (χ4v) is 3.35. The van der Waals surface area contributed by atoms with Gasteiger partial charge in [0.2, 0.25) is 0 Å². The van der Waals surface area contributed by atoms with Crippen LogP contribution in [0.1, 0.15) is 11.3 Å². The summed E-state index contributed by atoms with van der Waals surface area (Å²) in [6, 6.07) is 13.5. The summed E-state index contributed by atoms with van der Waals surface area (Å²) in [6.45, 7) is 3.79. The number of aliphatic hydroxyl groups excluding tert-OH is 1. The third kappa shape index (κ3) is 5.01. The molecule has 0 bridgehead atoms. The minimum Gasteiger partial charge on any atom is -0.392 e. The van der Waals surface area contributed by atoms with Gasteiger partial charge in [-0.05, 0) is 48.9 Å². The zero-order valence-electron chi connectivity index (χ0n) is 17.6. The summed E-state index contributed by atoms with van der Waals surface area (Å²) in [5.41, 5.74) is 2.97. The van der Waals surface area contributed by atoms with Crippen LogP contribution in [-0.2, 0) is 11.3 Å². The van der Waals surface area contributed by atoms with Crippen LogP contribution in [-0.4, -0.2) is 47.4 Å². The maximum Gasteiger partial charge on any atom is 0.323 e. The van der Waals surface area contributed by atoms with Gasteiger partial charge >= 0.3 is 6.03 Å². The van der Waals surface area contributed by atoms with E-state index < -0.39 is 11.8 Å². The molecule has 0 spiro atoms. The van der Waals surface area contributed by atoms with Gasteiger partial charge in [0.15, 0.2) is 17.5 Å². The SMILES string of the molecule is Cc1nc(-c2ccc(NC(=O)Nc3ccc(CO)cc3)cc2)nc(N2CCOCC2)c1F. The van der Waals surface area contributed by atoms with Gasteiger partial charge in [-0.2, -0.15) is 0 Å². The van der Waals surface area contributed by atoms with E-state index >= 15 is 0 Å². The molecule has 3 aromatic rings. The van der Waals surface area contributed by atoms with Gasteiger partial charge in [0.25, 0.3) is 0 Å². The van der Waals surface area contributed by atoms with Crippen molar-refractivity contribution in [2.24, 2.45) is 0 Å². The molecular formula is C23H24FN5O3. The number of halogens is 1. The molecule has 1 aliphatic heterocycles. The Kier molecular flexibility index (Phi) is 6.58. The normalized spacial score (nSPS) is 13.7. The third-order valence-electron chi connectivity index (χ3n) is 5.11. The standard InChI is InChI=1S/C23H24FN5O3/c1-15-20(24)22(29-10-12-32-13-11-29)28-21(25-15)17-4-8-19(9-5-17)27-23(31)26-18-6-2-16(14-30)3-7-18/h2-9,30H,10-14H2,1H3,(H2,26,27,31). The molecule has 2 heterocycles. The van der Waals surface area contributed by atoms with Crippen molar-refractivity contribution >= 4 is 23.2 Å². The van der Waals surface area contributed by atoms with Crippen molar-refractivity contribution in [1.82, 2.24) is 9.97 Å². The number of carbonyl (C=O) groups is 1. The largest absolute Gasteiger partial charge is 0.392 e. The second kappa shape index (κ2) is 9.71. The predicted molar refractivity (Wildman–Crippen MR) is 120 cm³/mol. The number of hydrogen-bond acceptors (Lipinski definition) is 6. The number of carbonyl (C=O) groups excluding carboxylic acids is 1. The first-order chi connectivity index (χ1) is 15.5. The van der Waals surface area contributed by atoms with Crippen molar-refractivity contribution in [2.45, 2.75) is 13.5 Å². The second-order valence-corrected chi connectivity index (χ2v) is 7.38. The van der Waals surface area contributed by atoms with Crippen molar-refractivity contribution < 1.29 is 19.0 Å². The predicted octanol–water partition coefficient (Wildman–Crippen LogP) is 3.56. The maximum atomic E-state index is 14.6. The molecule has 1 aromatic heterocycles. The van der Waals surface area contributed by atoms with E-state index in [0.717, 1.165) is 5.56 Å². The highest BCUT2D eigenvalue weighted by atomic mass is 19.1. The summed E-state index contributed by atoms with van der Waals surface area (Å²) >= 11 is 0. The van der Waals surface area contributed by atoms with Gasteiger partial charge in [0, 0.05) is 30.0 Å². The molecule has 0 unspecified atom stereocenters. The van der Waals surface area contributed by atoms with E-state index in [4.69, 9.17) is 9.84 Å². The van der Waals surface area contributed by atoms with Crippen LogP contribution in [0.15, 0.2) is 48.5 Å². The van der Waals surface area contributed by atoms with Crippen molar-refractivity contribution in [3.63, 3.8) is 0 Å². The van der Waals surface area contributed by atoms with E-state index in [0.29, 0.717) is 49.1 Å².